The van der Waals surface area contributed by atoms with Crippen LogP contribution in [0.3, 0.4) is 0 Å². The first-order valence-corrected chi connectivity index (χ1v) is 7.64. The highest BCUT2D eigenvalue weighted by Gasteiger charge is 1.95. The Hall–Kier alpha value is -0.250. The Labute approximate surface area is 114 Å². The number of pyridine rings is 1. The molecular weight excluding hydrogens is 252 g/mol. The molecule has 0 bridgehead atoms. The van der Waals surface area contributed by atoms with Crippen molar-refractivity contribution < 1.29 is 0 Å². The van der Waals surface area contributed by atoms with Gasteiger partial charge in [-0.25, -0.2) is 4.98 Å². The molecule has 1 rings (SSSR count). The molecule has 0 aliphatic heterocycles. The number of aromatic nitrogens is 1. The maximum atomic E-state index is 5.77. The first-order valence-electron chi connectivity index (χ1n) is 6.28. The Kier molecular flexibility index (Phi) is 8.49. The lowest BCUT2D eigenvalue weighted by Crippen LogP contribution is -2.18. The number of unbranched alkanes of at least 4 members (excludes halogenated alkanes) is 3. The second-order valence-corrected chi connectivity index (χ2v) is 5.53. The fraction of sp³-hybridized carbons (Fsp3) is 0.615. The van der Waals surface area contributed by atoms with Gasteiger partial charge in [0, 0.05) is 18.5 Å². The molecule has 0 unspecified atom stereocenters. The van der Waals surface area contributed by atoms with E-state index in [1.807, 2.05) is 12.1 Å². The van der Waals surface area contributed by atoms with E-state index in [0.29, 0.717) is 5.02 Å². The quantitative estimate of drug-likeness (QED) is 0.543. The van der Waals surface area contributed by atoms with Crippen LogP contribution in [0.5, 0.6) is 0 Å². The van der Waals surface area contributed by atoms with E-state index in [1.165, 1.54) is 25.7 Å². The van der Waals surface area contributed by atoms with E-state index in [0.717, 1.165) is 23.9 Å². The molecule has 0 fully saturated rings. The van der Waals surface area contributed by atoms with Crippen LogP contribution in [0.25, 0.3) is 0 Å². The largest absolute Gasteiger partial charge is 0.316 e. The van der Waals surface area contributed by atoms with Crippen molar-refractivity contribution in [2.24, 2.45) is 0 Å². The summed E-state index contributed by atoms with van der Waals surface area (Å²) in [6.45, 7) is 4.42. The van der Waals surface area contributed by atoms with Gasteiger partial charge in [-0.05, 0) is 25.1 Å². The van der Waals surface area contributed by atoms with Gasteiger partial charge in [-0.15, -0.1) is 11.8 Å². The van der Waals surface area contributed by atoms with Gasteiger partial charge in [-0.2, -0.15) is 0 Å². The van der Waals surface area contributed by atoms with Crippen LogP contribution in [-0.4, -0.2) is 23.8 Å². The highest BCUT2D eigenvalue weighted by atomic mass is 35.5. The van der Waals surface area contributed by atoms with E-state index < -0.39 is 0 Å². The van der Waals surface area contributed by atoms with Gasteiger partial charge in [0.25, 0.3) is 0 Å². The molecule has 0 aliphatic carbocycles. The molecule has 1 heterocycles. The number of thioether (sulfide) groups is 1. The minimum absolute atomic E-state index is 0.698. The van der Waals surface area contributed by atoms with Crippen molar-refractivity contribution in [1.29, 1.82) is 0 Å². The van der Waals surface area contributed by atoms with Crippen LogP contribution in [0.4, 0.5) is 0 Å². The number of nitrogens with one attached hydrogen (secondary N) is 1. The Morgan fingerprint density at radius 2 is 2.12 bits per heavy atom. The minimum atomic E-state index is 0.698. The summed E-state index contributed by atoms with van der Waals surface area (Å²) in [7, 11) is 0. The lowest BCUT2D eigenvalue weighted by molar-refractivity contribution is 0.613. The normalized spacial score (nSPS) is 10.7. The average molecular weight is 273 g/mol. The number of hydrogen-bond donors (Lipinski definition) is 1. The molecular formula is C13H21ClN2S. The molecule has 0 aromatic carbocycles. The van der Waals surface area contributed by atoms with Crippen molar-refractivity contribution in [3.05, 3.63) is 23.4 Å². The number of halogens is 1. The summed E-state index contributed by atoms with van der Waals surface area (Å²) < 4.78 is 0. The molecule has 1 aromatic rings. The third-order valence-electron chi connectivity index (χ3n) is 2.44. The average Bonchev–Trinajstić information content (AvgIpc) is 2.35. The summed E-state index contributed by atoms with van der Waals surface area (Å²) in [5.74, 6) is 1.06. The van der Waals surface area contributed by atoms with Gasteiger partial charge >= 0.3 is 0 Å². The summed E-state index contributed by atoms with van der Waals surface area (Å²) in [5.41, 5.74) is 0. The molecule has 0 saturated heterocycles. The maximum Gasteiger partial charge on any atom is 0.0961 e. The third kappa shape index (κ3) is 7.63. The second kappa shape index (κ2) is 9.75. The van der Waals surface area contributed by atoms with Gasteiger partial charge in [-0.1, -0.05) is 37.8 Å². The summed E-state index contributed by atoms with van der Waals surface area (Å²) in [4.78, 5) is 4.24. The van der Waals surface area contributed by atoms with Gasteiger partial charge in [0.1, 0.15) is 0 Å². The Morgan fingerprint density at radius 3 is 2.82 bits per heavy atom. The molecule has 17 heavy (non-hydrogen) atoms. The van der Waals surface area contributed by atoms with Crippen molar-refractivity contribution in [3.63, 3.8) is 0 Å². The van der Waals surface area contributed by atoms with E-state index in [-0.39, 0.29) is 0 Å². The van der Waals surface area contributed by atoms with Gasteiger partial charge in [0.05, 0.1) is 10.0 Å². The molecule has 4 heteroatoms. The van der Waals surface area contributed by atoms with Crippen LogP contribution in [0.15, 0.2) is 23.4 Å². The minimum Gasteiger partial charge on any atom is -0.316 e. The lowest BCUT2D eigenvalue weighted by atomic mass is 10.2. The summed E-state index contributed by atoms with van der Waals surface area (Å²) in [6.07, 6.45) is 6.98. The Balaban J connectivity index is 1.95. The molecule has 0 saturated carbocycles. The van der Waals surface area contributed by atoms with Crippen molar-refractivity contribution in [1.82, 2.24) is 10.3 Å². The third-order valence-corrected chi connectivity index (χ3v) is 3.61. The van der Waals surface area contributed by atoms with E-state index >= 15 is 0 Å². The molecule has 0 atom stereocenters. The fourth-order valence-electron chi connectivity index (χ4n) is 1.48. The first-order chi connectivity index (χ1) is 8.33. The zero-order chi connectivity index (χ0) is 12.3. The van der Waals surface area contributed by atoms with E-state index in [9.17, 15) is 0 Å². The van der Waals surface area contributed by atoms with E-state index in [4.69, 9.17) is 11.6 Å². The van der Waals surface area contributed by atoms with Crippen LogP contribution in [0.2, 0.25) is 5.02 Å². The maximum absolute atomic E-state index is 5.77. The number of rotatable bonds is 9. The van der Waals surface area contributed by atoms with Crippen LogP contribution in [-0.2, 0) is 0 Å². The standard InChI is InChI=1S/C13H21ClN2S/c1-2-3-4-5-8-15-9-10-17-13-7-6-12(14)11-16-13/h6-7,11,15H,2-5,8-10H2,1H3. The smallest absolute Gasteiger partial charge is 0.0961 e. The predicted molar refractivity (Wildman–Crippen MR) is 77.0 cm³/mol. The highest BCUT2D eigenvalue weighted by molar-refractivity contribution is 7.99. The fourth-order valence-corrected chi connectivity index (χ4v) is 2.34. The topological polar surface area (TPSA) is 24.9 Å². The van der Waals surface area contributed by atoms with Crippen molar-refractivity contribution in [2.75, 3.05) is 18.8 Å². The SMILES string of the molecule is CCCCCCNCCSc1ccc(Cl)cn1. The van der Waals surface area contributed by atoms with Gasteiger partial charge < -0.3 is 5.32 Å². The Morgan fingerprint density at radius 1 is 1.24 bits per heavy atom. The Bertz CT molecular complexity index is 290. The second-order valence-electron chi connectivity index (χ2n) is 3.97. The predicted octanol–water partition coefficient (Wildman–Crippen LogP) is 4.00. The van der Waals surface area contributed by atoms with Crippen LogP contribution in [0.1, 0.15) is 32.6 Å². The summed E-state index contributed by atoms with van der Waals surface area (Å²) in [6, 6.07) is 3.85. The molecule has 0 radical (unpaired) electrons. The highest BCUT2D eigenvalue weighted by Crippen LogP contribution is 2.16. The number of hydrogen-bond acceptors (Lipinski definition) is 3. The van der Waals surface area contributed by atoms with Crippen LogP contribution >= 0.6 is 23.4 Å². The summed E-state index contributed by atoms with van der Waals surface area (Å²) in [5, 5.41) is 5.19. The van der Waals surface area contributed by atoms with E-state index in [1.54, 1.807) is 18.0 Å². The van der Waals surface area contributed by atoms with Crippen LogP contribution in [0, 0.1) is 0 Å². The molecule has 0 spiro atoms. The van der Waals surface area contributed by atoms with Crippen molar-refractivity contribution >= 4 is 23.4 Å². The van der Waals surface area contributed by atoms with Crippen LogP contribution < -0.4 is 5.32 Å². The first kappa shape index (κ1) is 14.8. The zero-order valence-corrected chi connectivity index (χ0v) is 12.0. The summed E-state index contributed by atoms with van der Waals surface area (Å²) >= 11 is 7.54. The molecule has 2 nitrogen and oxygen atoms in total. The number of nitrogens with zero attached hydrogens (tertiary/aromatic N) is 1. The lowest BCUT2D eigenvalue weighted by Gasteiger charge is -2.04. The monoisotopic (exact) mass is 272 g/mol. The van der Waals surface area contributed by atoms with Crippen molar-refractivity contribution in [3.8, 4) is 0 Å². The molecule has 96 valence electrons. The van der Waals surface area contributed by atoms with Gasteiger partial charge in [0.2, 0.25) is 0 Å². The zero-order valence-electron chi connectivity index (χ0n) is 10.4. The van der Waals surface area contributed by atoms with Gasteiger partial charge in [-0.3, -0.25) is 0 Å². The molecule has 1 aromatic heterocycles. The van der Waals surface area contributed by atoms with Crippen molar-refractivity contribution in [2.45, 2.75) is 37.6 Å². The van der Waals surface area contributed by atoms with E-state index in [2.05, 4.69) is 17.2 Å². The molecule has 1 N–H and O–H groups in total. The molecule has 0 aliphatic rings. The molecule has 0 amide bonds. The van der Waals surface area contributed by atoms with Gasteiger partial charge in [0.15, 0.2) is 0 Å².